The largest absolute Gasteiger partial charge is 0.490 e. The fraction of sp³-hybridized carbons (Fsp3) is 0.625. The molecule has 0 amide bonds. The van der Waals surface area contributed by atoms with E-state index in [1.165, 1.54) is 19.3 Å². The van der Waals surface area contributed by atoms with Crippen molar-refractivity contribution >= 4 is 15.9 Å². The van der Waals surface area contributed by atoms with Crippen LogP contribution in [-0.4, -0.2) is 11.2 Å². The number of hydrogen-bond acceptors (Lipinski definition) is 2. The molecule has 0 spiro atoms. The summed E-state index contributed by atoms with van der Waals surface area (Å²) in [7, 11) is 0. The predicted octanol–water partition coefficient (Wildman–Crippen LogP) is 4.60. The summed E-state index contributed by atoms with van der Waals surface area (Å²) in [5.41, 5.74) is 1.97. The highest BCUT2D eigenvalue weighted by Crippen LogP contribution is 2.33. The van der Waals surface area contributed by atoms with Gasteiger partial charge in [0.15, 0.2) is 0 Å². The second-order valence-corrected chi connectivity index (χ2v) is 6.45. The zero-order valence-corrected chi connectivity index (χ0v) is 13.4. The number of halogens is 1. The van der Waals surface area contributed by atoms with Crippen molar-refractivity contribution in [3.8, 4) is 5.75 Å². The number of rotatable bonds is 4. The number of aliphatic hydroxyl groups is 1. The maximum atomic E-state index is 9.48. The Morgan fingerprint density at radius 3 is 2.53 bits per heavy atom. The summed E-state index contributed by atoms with van der Waals surface area (Å²) in [5, 5.41) is 9.48. The second kappa shape index (κ2) is 6.76. The van der Waals surface area contributed by atoms with E-state index in [0.29, 0.717) is 6.10 Å². The molecule has 1 fully saturated rings. The second-order valence-electron chi connectivity index (χ2n) is 5.54. The first-order valence-corrected chi connectivity index (χ1v) is 7.99. The van der Waals surface area contributed by atoms with E-state index in [2.05, 4.69) is 22.9 Å². The van der Waals surface area contributed by atoms with Crippen molar-refractivity contribution in [3.05, 3.63) is 27.7 Å². The summed E-state index contributed by atoms with van der Waals surface area (Å²) in [6.07, 6.45) is 6.41. The molecule has 0 heterocycles. The van der Waals surface area contributed by atoms with Gasteiger partial charge in [0.25, 0.3) is 0 Å². The van der Waals surface area contributed by atoms with Gasteiger partial charge in [-0.05, 0) is 56.2 Å². The lowest BCUT2D eigenvalue weighted by molar-refractivity contribution is 0.125. The van der Waals surface area contributed by atoms with E-state index in [-0.39, 0.29) is 6.61 Å². The molecule has 0 radical (unpaired) electrons. The Balaban J connectivity index is 2.07. The van der Waals surface area contributed by atoms with Crippen LogP contribution in [-0.2, 0) is 6.61 Å². The van der Waals surface area contributed by atoms with Gasteiger partial charge in [0.1, 0.15) is 5.75 Å². The maximum Gasteiger partial charge on any atom is 0.128 e. The van der Waals surface area contributed by atoms with Crippen molar-refractivity contribution in [2.75, 3.05) is 0 Å². The van der Waals surface area contributed by atoms with Gasteiger partial charge in [-0.3, -0.25) is 0 Å². The van der Waals surface area contributed by atoms with Crippen molar-refractivity contribution in [3.63, 3.8) is 0 Å². The molecular weight excluding hydrogens is 304 g/mol. The third kappa shape index (κ3) is 3.73. The van der Waals surface area contributed by atoms with Crippen LogP contribution in [0, 0.1) is 12.8 Å². The Bertz CT molecular complexity index is 423. The third-order valence-electron chi connectivity index (χ3n) is 4.14. The number of aryl methyl sites for hydroxylation is 1. The topological polar surface area (TPSA) is 29.5 Å². The Hall–Kier alpha value is -0.540. The lowest BCUT2D eigenvalue weighted by Gasteiger charge is -2.29. The predicted molar refractivity (Wildman–Crippen MR) is 81.5 cm³/mol. The summed E-state index contributed by atoms with van der Waals surface area (Å²) in [4.78, 5) is 0. The summed E-state index contributed by atoms with van der Waals surface area (Å²) >= 11 is 3.46. The van der Waals surface area contributed by atoms with Crippen LogP contribution in [0.1, 0.15) is 50.2 Å². The number of benzene rings is 1. The Morgan fingerprint density at radius 1 is 1.26 bits per heavy atom. The van der Waals surface area contributed by atoms with E-state index < -0.39 is 0 Å². The Morgan fingerprint density at radius 2 is 1.95 bits per heavy atom. The van der Waals surface area contributed by atoms with Gasteiger partial charge in [-0.25, -0.2) is 0 Å². The van der Waals surface area contributed by atoms with E-state index in [9.17, 15) is 5.11 Å². The summed E-state index contributed by atoms with van der Waals surface area (Å²) in [6, 6.07) is 3.99. The van der Waals surface area contributed by atoms with Crippen LogP contribution in [0.4, 0.5) is 0 Å². The van der Waals surface area contributed by atoms with Gasteiger partial charge < -0.3 is 9.84 Å². The van der Waals surface area contributed by atoms with E-state index >= 15 is 0 Å². The van der Waals surface area contributed by atoms with Crippen LogP contribution in [0.5, 0.6) is 5.75 Å². The first-order chi connectivity index (χ1) is 9.13. The molecular formula is C16H23BrO2. The summed E-state index contributed by atoms with van der Waals surface area (Å²) in [6.45, 7) is 4.34. The molecule has 3 heteroatoms. The van der Waals surface area contributed by atoms with Gasteiger partial charge in [-0.2, -0.15) is 0 Å². The highest BCUT2D eigenvalue weighted by atomic mass is 79.9. The average molecular weight is 327 g/mol. The van der Waals surface area contributed by atoms with Gasteiger partial charge in [0.05, 0.1) is 12.7 Å². The molecule has 0 aliphatic heterocycles. The number of hydrogen-bond donors (Lipinski definition) is 1. The van der Waals surface area contributed by atoms with Gasteiger partial charge in [-0.1, -0.05) is 29.3 Å². The highest BCUT2D eigenvalue weighted by Gasteiger charge is 2.22. The number of aliphatic hydroxyl groups excluding tert-OH is 1. The molecule has 1 aliphatic rings. The molecule has 1 saturated carbocycles. The van der Waals surface area contributed by atoms with Gasteiger partial charge in [0, 0.05) is 10.0 Å². The van der Waals surface area contributed by atoms with E-state index in [1.807, 2.05) is 19.1 Å². The molecule has 19 heavy (non-hydrogen) atoms. The van der Waals surface area contributed by atoms with Crippen molar-refractivity contribution in [2.24, 2.45) is 5.92 Å². The molecule has 2 rings (SSSR count). The van der Waals surface area contributed by atoms with Crippen LogP contribution in [0.25, 0.3) is 0 Å². The van der Waals surface area contributed by atoms with Crippen LogP contribution >= 0.6 is 15.9 Å². The molecule has 106 valence electrons. The monoisotopic (exact) mass is 326 g/mol. The molecule has 2 nitrogen and oxygen atoms in total. The zero-order chi connectivity index (χ0) is 13.8. The van der Waals surface area contributed by atoms with Crippen LogP contribution < -0.4 is 4.74 Å². The third-order valence-corrected chi connectivity index (χ3v) is 4.60. The molecule has 1 aromatic carbocycles. The lowest BCUT2D eigenvalue weighted by Crippen LogP contribution is -2.24. The minimum absolute atomic E-state index is 0.0277. The van der Waals surface area contributed by atoms with E-state index in [0.717, 1.165) is 40.1 Å². The van der Waals surface area contributed by atoms with Crippen molar-refractivity contribution in [1.29, 1.82) is 0 Å². The summed E-state index contributed by atoms with van der Waals surface area (Å²) < 4.78 is 7.17. The quantitative estimate of drug-likeness (QED) is 0.876. The molecule has 1 N–H and O–H groups in total. The fourth-order valence-corrected chi connectivity index (χ4v) is 3.53. The summed E-state index contributed by atoms with van der Waals surface area (Å²) in [5.74, 6) is 1.76. The molecule has 1 aliphatic carbocycles. The van der Waals surface area contributed by atoms with Crippen molar-refractivity contribution in [2.45, 2.75) is 58.7 Å². The van der Waals surface area contributed by atoms with E-state index in [4.69, 9.17) is 4.74 Å². The van der Waals surface area contributed by atoms with Gasteiger partial charge in [-0.15, -0.1) is 0 Å². The SMILES string of the molecule is CCC1CCC(Oc2c(C)cc(Br)cc2CO)CC1. The zero-order valence-electron chi connectivity index (χ0n) is 11.8. The number of ether oxygens (including phenoxy) is 1. The smallest absolute Gasteiger partial charge is 0.128 e. The van der Waals surface area contributed by atoms with Crippen LogP contribution in [0.3, 0.4) is 0 Å². The van der Waals surface area contributed by atoms with E-state index in [1.54, 1.807) is 0 Å². The first kappa shape index (κ1) is 14.9. The minimum Gasteiger partial charge on any atom is -0.490 e. The maximum absolute atomic E-state index is 9.48. The van der Waals surface area contributed by atoms with Crippen LogP contribution in [0.15, 0.2) is 16.6 Å². The highest BCUT2D eigenvalue weighted by molar-refractivity contribution is 9.10. The normalized spacial score (nSPS) is 23.4. The minimum atomic E-state index is 0.0277. The lowest BCUT2D eigenvalue weighted by atomic mass is 9.86. The Labute approximate surface area is 124 Å². The van der Waals surface area contributed by atoms with Gasteiger partial charge >= 0.3 is 0 Å². The molecule has 0 saturated heterocycles. The van der Waals surface area contributed by atoms with Crippen LogP contribution in [0.2, 0.25) is 0 Å². The molecule has 0 unspecified atom stereocenters. The standard InChI is InChI=1S/C16H23BrO2/c1-3-12-4-6-15(7-5-12)19-16-11(2)8-14(17)9-13(16)10-18/h8-9,12,15,18H,3-7,10H2,1-2H3. The van der Waals surface area contributed by atoms with Gasteiger partial charge in [0.2, 0.25) is 0 Å². The molecule has 1 aromatic rings. The molecule has 0 bridgehead atoms. The van der Waals surface area contributed by atoms with Crippen molar-refractivity contribution < 1.29 is 9.84 Å². The Kier molecular flexibility index (Phi) is 5.28. The average Bonchev–Trinajstić information content (AvgIpc) is 2.42. The fourth-order valence-electron chi connectivity index (χ4n) is 2.91. The first-order valence-electron chi connectivity index (χ1n) is 7.20. The molecule has 0 atom stereocenters. The van der Waals surface area contributed by atoms with Crippen molar-refractivity contribution in [1.82, 2.24) is 0 Å². The molecule has 0 aromatic heterocycles.